The molecule has 94 valence electrons. The summed E-state index contributed by atoms with van der Waals surface area (Å²) in [5, 5.41) is 0. The Hall–Kier alpha value is -1.62. The SMILES string of the molecule is NCCCN(CCC(N)=O)c1cccc(F)c1. The first-order valence-electron chi connectivity index (χ1n) is 5.62. The molecule has 0 aliphatic rings. The van der Waals surface area contributed by atoms with Crippen LogP contribution in [0.3, 0.4) is 0 Å². The van der Waals surface area contributed by atoms with E-state index in [1.807, 2.05) is 4.90 Å². The number of halogens is 1. The van der Waals surface area contributed by atoms with Crippen molar-refractivity contribution < 1.29 is 9.18 Å². The molecule has 0 fully saturated rings. The van der Waals surface area contributed by atoms with E-state index in [1.54, 1.807) is 12.1 Å². The summed E-state index contributed by atoms with van der Waals surface area (Å²) in [5.41, 5.74) is 11.3. The minimum absolute atomic E-state index is 0.251. The molecule has 5 heteroatoms. The van der Waals surface area contributed by atoms with Crippen molar-refractivity contribution in [2.45, 2.75) is 12.8 Å². The van der Waals surface area contributed by atoms with Crippen LogP contribution in [-0.2, 0) is 4.79 Å². The molecule has 0 bridgehead atoms. The van der Waals surface area contributed by atoms with E-state index in [0.29, 0.717) is 19.6 Å². The van der Waals surface area contributed by atoms with Crippen molar-refractivity contribution in [3.05, 3.63) is 30.1 Å². The van der Waals surface area contributed by atoms with Crippen LogP contribution in [0.4, 0.5) is 10.1 Å². The normalized spacial score (nSPS) is 10.2. The van der Waals surface area contributed by atoms with Crippen LogP contribution in [0, 0.1) is 5.82 Å². The second-order valence-corrected chi connectivity index (χ2v) is 3.83. The molecule has 0 spiro atoms. The maximum atomic E-state index is 13.1. The highest BCUT2D eigenvalue weighted by atomic mass is 19.1. The lowest BCUT2D eigenvalue weighted by molar-refractivity contribution is -0.117. The number of rotatable bonds is 7. The fraction of sp³-hybridized carbons (Fsp3) is 0.417. The van der Waals surface area contributed by atoms with Crippen molar-refractivity contribution in [2.75, 3.05) is 24.5 Å². The van der Waals surface area contributed by atoms with Crippen molar-refractivity contribution in [2.24, 2.45) is 11.5 Å². The molecule has 0 atom stereocenters. The van der Waals surface area contributed by atoms with Crippen LogP contribution in [0.1, 0.15) is 12.8 Å². The van der Waals surface area contributed by atoms with Gasteiger partial charge in [0.15, 0.2) is 0 Å². The number of benzene rings is 1. The maximum Gasteiger partial charge on any atom is 0.219 e. The molecule has 0 aliphatic heterocycles. The zero-order valence-corrected chi connectivity index (χ0v) is 9.73. The van der Waals surface area contributed by atoms with Gasteiger partial charge in [-0.15, -0.1) is 0 Å². The smallest absolute Gasteiger partial charge is 0.219 e. The number of anilines is 1. The monoisotopic (exact) mass is 239 g/mol. The topological polar surface area (TPSA) is 72.3 Å². The van der Waals surface area contributed by atoms with E-state index in [4.69, 9.17) is 11.5 Å². The quantitative estimate of drug-likeness (QED) is 0.741. The van der Waals surface area contributed by atoms with Gasteiger partial charge in [-0.2, -0.15) is 0 Å². The van der Waals surface area contributed by atoms with Crippen LogP contribution < -0.4 is 16.4 Å². The minimum atomic E-state index is -0.362. The predicted octanol–water partition coefficient (Wildman–Crippen LogP) is 0.856. The summed E-state index contributed by atoms with van der Waals surface area (Å²) in [7, 11) is 0. The summed E-state index contributed by atoms with van der Waals surface area (Å²) in [6, 6.07) is 6.28. The van der Waals surface area contributed by atoms with Gasteiger partial charge in [-0.1, -0.05) is 6.07 Å². The van der Waals surface area contributed by atoms with Gasteiger partial charge in [0.1, 0.15) is 5.82 Å². The van der Waals surface area contributed by atoms with Gasteiger partial charge in [-0.25, -0.2) is 4.39 Å². The predicted molar refractivity (Wildman–Crippen MR) is 66.1 cm³/mol. The molecule has 17 heavy (non-hydrogen) atoms. The largest absolute Gasteiger partial charge is 0.371 e. The standard InChI is InChI=1S/C12H18FN3O/c13-10-3-1-4-11(9-10)16(7-2-6-14)8-5-12(15)17/h1,3-4,9H,2,5-8,14H2,(H2,15,17). The van der Waals surface area contributed by atoms with Gasteiger partial charge in [-0.05, 0) is 31.2 Å². The lowest BCUT2D eigenvalue weighted by Crippen LogP contribution is -2.30. The molecule has 0 saturated carbocycles. The Balaban J connectivity index is 2.70. The summed E-state index contributed by atoms with van der Waals surface area (Å²) >= 11 is 0. The fourth-order valence-corrected chi connectivity index (χ4v) is 1.57. The zero-order valence-electron chi connectivity index (χ0n) is 9.73. The molecule has 0 aliphatic carbocycles. The first-order valence-corrected chi connectivity index (χ1v) is 5.62. The Morgan fingerprint density at radius 2 is 2.12 bits per heavy atom. The van der Waals surface area contributed by atoms with E-state index in [9.17, 15) is 9.18 Å². The van der Waals surface area contributed by atoms with E-state index >= 15 is 0 Å². The van der Waals surface area contributed by atoms with Gasteiger partial charge in [-0.3, -0.25) is 4.79 Å². The number of carbonyl (C=O) groups excluding carboxylic acids is 1. The molecule has 0 unspecified atom stereocenters. The molecule has 1 aromatic rings. The van der Waals surface area contributed by atoms with Crippen molar-refractivity contribution in [1.29, 1.82) is 0 Å². The van der Waals surface area contributed by atoms with Crippen LogP contribution >= 0.6 is 0 Å². The molecule has 1 aromatic carbocycles. The fourth-order valence-electron chi connectivity index (χ4n) is 1.57. The summed E-state index contributed by atoms with van der Waals surface area (Å²) in [5.74, 6) is -0.654. The lowest BCUT2D eigenvalue weighted by atomic mass is 10.2. The molecule has 4 nitrogen and oxygen atoms in total. The Kier molecular flexibility index (Phi) is 5.42. The molecule has 0 saturated heterocycles. The third kappa shape index (κ3) is 4.82. The summed E-state index contributed by atoms with van der Waals surface area (Å²) in [4.78, 5) is 12.7. The van der Waals surface area contributed by atoms with Gasteiger partial charge >= 0.3 is 0 Å². The second-order valence-electron chi connectivity index (χ2n) is 3.83. The van der Waals surface area contributed by atoms with Crippen molar-refractivity contribution in [3.63, 3.8) is 0 Å². The van der Waals surface area contributed by atoms with E-state index < -0.39 is 0 Å². The van der Waals surface area contributed by atoms with Crippen LogP contribution in [0.15, 0.2) is 24.3 Å². The molecule has 1 amide bonds. The number of hydrogen-bond donors (Lipinski definition) is 2. The molecule has 0 aromatic heterocycles. The molecule has 1 rings (SSSR count). The van der Waals surface area contributed by atoms with E-state index in [2.05, 4.69) is 0 Å². The lowest BCUT2D eigenvalue weighted by Gasteiger charge is -2.24. The third-order valence-electron chi connectivity index (χ3n) is 2.43. The van der Waals surface area contributed by atoms with E-state index in [1.165, 1.54) is 12.1 Å². The summed E-state index contributed by atoms with van der Waals surface area (Å²) in [6.45, 7) is 1.73. The average Bonchev–Trinajstić information content (AvgIpc) is 2.29. The van der Waals surface area contributed by atoms with Gasteiger partial charge < -0.3 is 16.4 Å². The van der Waals surface area contributed by atoms with Crippen molar-refractivity contribution >= 4 is 11.6 Å². The summed E-state index contributed by atoms with van der Waals surface area (Å²) in [6.07, 6.45) is 1.04. The first-order chi connectivity index (χ1) is 8.13. The Morgan fingerprint density at radius 1 is 1.35 bits per heavy atom. The average molecular weight is 239 g/mol. The van der Waals surface area contributed by atoms with Crippen LogP contribution in [0.2, 0.25) is 0 Å². The minimum Gasteiger partial charge on any atom is -0.371 e. The van der Waals surface area contributed by atoms with Crippen LogP contribution in [-0.4, -0.2) is 25.5 Å². The van der Waals surface area contributed by atoms with Crippen molar-refractivity contribution in [1.82, 2.24) is 0 Å². The maximum absolute atomic E-state index is 13.1. The zero-order chi connectivity index (χ0) is 12.7. The highest BCUT2D eigenvalue weighted by Gasteiger charge is 2.08. The van der Waals surface area contributed by atoms with Crippen molar-refractivity contribution in [3.8, 4) is 0 Å². The number of hydrogen-bond acceptors (Lipinski definition) is 3. The summed E-state index contributed by atoms with van der Waals surface area (Å²) < 4.78 is 13.1. The van der Waals surface area contributed by atoms with E-state index in [0.717, 1.165) is 12.1 Å². The number of primary amides is 1. The third-order valence-corrected chi connectivity index (χ3v) is 2.43. The number of nitrogens with two attached hydrogens (primary N) is 2. The van der Waals surface area contributed by atoms with Gasteiger partial charge in [0.2, 0.25) is 5.91 Å². The first kappa shape index (κ1) is 13.4. The number of carbonyl (C=O) groups is 1. The molecule has 0 heterocycles. The Morgan fingerprint density at radius 3 is 2.71 bits per heavy atom. The van der Waals surface area contributed by atoms with Gasteiger partial charge in [0.25, 0.3) is 0 Å². The Labute approximate surface area is 100 Å². The number of nitrogens with zero attached hydrogens (tertiary/aromatic N) is 1. The molecule has 0 radical (unpaired) electrons. The highest BCUT2D eigenvalue weighted by molar-refractivity contribution is 5.74. The van der Waals surface area contributed by atoms with Gasteiger partial charge in [0, 0.05) is 25.2 Å². The highest BCUT2D eigenvalue weighted by Crippen LogP contribution is 2.16. The van der Waals surface area contributed by atoms with Crippen LogP contribution in [0.5, 0.6) is 0 Å². The molecular weight excluding hydrogens is 221 g/mol. The van der Waals surface area contributed by atoms with E-state index in [-0.39, 0.29) is 18.1 Å². The Bertz CT molecular complexity index is 371. The van der Waals surface area contributed by atoms with Gasteiger partial charge in [0.05, 0.1) is 0 Å². The number of amides is 1. The van der Waals surface area contributed by atoms with Crippen LogP contribution in [0.25, 0.3) is 0 Å². The molecular formula is C12H18FN3O. The second kappa shape index (κ2) is 6.85. The molecule has 4 N–H and O–H groups in total.